The second-order valence-electron chi connectivity index (χ2n) is 4.34. The molecule has 0 atom stereocenters. The van der Waals surface area contributed by atoms with E-state index in [9.17, 15) is 19.9 Å². The van der Waals surface area contributed by atoms with E-state index in [1.807, 2.05) is 0 Å². The summed E-state index contributed by atoms with van der Waals surface area (Å²) >= 11 is 0. The zero-order chi connectivity index (χ0) is 15.4. The molecule has 3 N–H and O–H groups in total. The van der Waals surface area contributed by atoms with Gasteiger partial charge in [-0.05, 0) is 30.7 Å². The Morgan fingerprint density at radius 1 is 1.14 bits per heavy atom. The lowest BCUT2D eigenvalue weighted by molar-refractivity contribution is -0.607. The van der Waals surface area contributed by atoms with Crippen molar-refractivity contribution >= 4 is 11.8 Å². The lowest BCUT2D eigenvalue weighted by atomic mass is 10.1. The van der Waals surface area contributed by atoms with Crippen molar-refractivity contribution < 1.29 is 19.4 Å². The van der Waals surface area contributed by atoms with Gasteiger partial charge in [-0.2, -0.15) is 4.73 Å². The summed E-state index contributed by atoms with van der Waals surface area (Å²) in [7, 11) is 0. The average Bonchev–Trinajstić information content (AvgIpc) is 2.45. The summed E-state index contributed by atoms with van der Waals surface area (Å²) in [4.78, 5) is 23.6. The first-order valence-corrected chi connectivity index (χ1v) is 6.07. The number of phenolic OH excluding ortho intramolecular Hbond substituents is 1. The highest BCUT2D eigenvalue weighted by atomic mass is 16.5. The minimum atomic E-state index is -0.759. The SMILES string of the molecule is Cc1ccc(C(=O)NNC(=O)c2cccc[n+]2[O-])c(O)c1. The molecule has 2 rings (SSSR count). The van der Waals surface area contributed by atoms with Crippen LogP contribution in [0.4, 0.5) is 0 Å². The van der Waals surface area contributed by atoms with Crippen LogP contribution in [0, 0.1) is 12.1 Å². The third kappa shape index (κ3) is 3.27. The number of hydrogen-bond acceptors (Lipinski definition) is 4. The Bertz CT molecular complexity index is 700. The second-order valence-corrected chi connectivity index (χ2v) is 4.34. The van der Waals surface area contributed by atoms with Crippen molar-refractivity contribution in [3.05, 3.63) is 64.6 Å². The molecule has 1 aromatic heterocycles. The zero-order valence-corrected chi connectivity index (χ0v) is 11.2. The molecule has 2 aromatic rings. The van der Waals surface area contributed by atoms with Crippen molar-refractivity contribution in [1.29, 1.82) is 0 Å². The Kier molecular flexibility index (Phi) is 4.03. The van der Waals surface area contributed by atoms with Crippen molar-refractivity contribution in [2.75, 3.05) is 0 Å². The van der Waals surface area contributed by atoms with E-state index in [1.165, 1.54) is 36.5 Å². The van der Waals surface area contributed by atoms with Crippen LogP contribution in [0.15, 0.2) is 42.6 Å². The van der Waals surface area contributed by atoms with Crippen LogP contribution in [0.5, 0.6) is 5.75 Å². The molecular formula is C14H13N3O4. The average molecular weight is 287 g/mol. The fraction of sp³-hybridized carbons (Fsp3) is 0.0714. The van der Waals surface area contributed by atoms with Crippen molar-refractivity contribution in [2.45, 2.75) is 6.92 Å². The molecule has 0 saturated heterocycles. The maximum atomic E-state index is 11.8. The van der Waals surface area contributed by atoms with Gasteiger partial charge in [0.05, 0.1) is 5.56 Å². The van der Waals surface area contributed by atoms with Crippen molar-refractivity contribution in [3.8, 4) is 5.75 Å². The molecule has 7 nitrogen and oxygen atoms in total. The third-order valence-electron chi connectivity index (χ3n) is 2.74. The number of carbonyl (C=O) groups is 2. The number of hydrazine groups is 1. The van der Waals surface area contributed by atoms with Crippen molar-refractivity contribution in [1.82, 2.24) is 10.9 Å². The molecular weight excluding hydrogens is 274 g/mol. The van der Waals surface area contributed by atoms with E-state index in [0.717, 1.165) is 5.56 Å². The summed E-state index contributed by atoms with van der Waals surface area (Å²) < 4.78 is 0.380. The lowest BCUT2D eigenvalue weighted by Gasteiger charge is -2.08. The number of phenols is 1. The summed E-state index contributed by atoms with van der Waals surface area (Å²) in [6.07, 6.45) is 1.17. The number of nitrogens with one attached hydrogen (secondary N) is 2. The molecule has 0 aliphatic rings. The Labute approximate surface area is 120 Å². The molecule has 0 fully saturated rings. The number of aromatic hydroxyl groups is 1. The number of nitrogens with zero attached hydrogens (tertiary/aromatic N) is 1. The first kappa shape index (κ1) is 14.3. The smallest absolute Gasteiger partial charge is 0.335 e. The molecule has 1 heterocycles. The zero-order valence-electron chi connectivity index (χ0n) is 11.2. The molecule has 0 bridgehead atoms. The van der Waals surface area contributed by atoms with E-state index >= 15 is 0 Å². The molecule has 0 unspecified atom stereocenters. The van der Waals surface area contributed by atoms with Crippen LogP contribution in [0.25, 0.3) is 0 Å². The van der Waals surface area contributed by atoms with Gasteiger partial charge >= 0.3 is 5.91 Å². The highest BCUT2D eigenvalue weighted by Crippen LogP contribution is 2.17. The minimum absolute atomic E-state index is 0.0176. The maximum Gasteiger partial charge on any atom is 0.335 e. The number of pyridine rings is 1. The minimum Gasteiger partial charge on any atom is -0.618 e. The number of hydrogen-bond donors (Lipinski definition) is 3. The monoisotopic (exact) mass is 287 g/mol. The summed E-state index contributed by atoms with van der Waals surface area (Å²) in [6.45, 7) is 1.77. The number of carbonyl (C=O) groups excluding carboxylic acids is 2. The molecule has 0 spiro atoms. The van der Waals surface area contributed by atoms with Gasteiger partial charge in [0, 0.05) is 12.1 Å². The Morgan fingerprint density at radius 2 is 1.86 bits per heavy atom. The first-order chi connectivity index (χ1) is 9.99. The number of benzene rings is 1. The van der Waals surface area contributed by atoms with E-state index in [1.54, 1.807) is 13.0 Å². The topological polar surface area (TPSA) is 105 Å². The quantitative estimate of drug-likeness (QED) is 0.422. The van der Waals surface area contributed by atoms with Crippen LogP contribution in [0.2, 0.25) is 0 Å². The van der Waals surface area contributed by atoms with E-state index in [4.69, 9.17) is 0 Å². The summed E-state index contributed by atoms with van der Waals surface area (Å²) in [6, 6.07) is 8.84. The molecule has 2 amide bonds. The predicted octanol–water partition coefficient (Wildman–Crippen LogP) is 0.409. The van der Waals surface area contributed by atoms with Crippen LogP contribution in [-0.4, -0.2) is 16.9 Å². The fourth-order valence-electron chi connectivity index (χ4n) is 1.68. The van der Waals surface area contributed by atoms with E-state index in [0.29, 0.717) is 4.73 Å². The number of aromatic nitrogens is 1. The van der Waals surface area contributed by atoms with Gasteiger partial charge in [0.15, 0.2) is 6.20 Å². The number of amides is 2. The highest BCUT2D eigenvalue weighted by Gasteiger charge is 2.17. The van der Waals surface area contributed by atoms with Gasteiger partial charge in [-0.3, -0.25) is 20.4 Å². The van der Waals surface area contributed by atoms with Crippen LogP contribution in [0.1, 0.15) is 26.4 Å². The van der Waals surface area contributed by atoms with Crippen LogP contribution < -0.4 is 15.6 Å². The fourth-order valence-corrected chi connectivity index (χ4v) is 1.68. The van der Waals surface area contributed by atoms with Crippen LogP contribution in [-0.2, 0) is 0 Å². The second kappa shape index (κ2) is 5.91. The number of rotatable bonds is 2. The molecule has 108 valence electrons. The normalized spacial score (nSPS) is 9.95. The Hall–Kier alpha value is -3.09. The first-order valence-electron chi connectivity index (χ1n) is 6.07. The molecule has 0 aliphatic carbocycles. The summed E-state index contributed by atoms with van der Waals surface area (Å²) in [5, 5.41) is 21.0. The highest BCUT2D eigenvalue weighted by molar-refractivity contribution is 5.99. The largest absolute Gasteiger partial charge is 0.618 e. The molecule has 7 heteroatoms. The third-order valence-corrected chi connectivity index (χ3v) is 2.74. The van der Waals surface area contributed by atoms with Gasteiger partial charge in [-0.15, -0.1) is 0 Å². The van der Waals surface area contributed by atoms with Gasteiger partial charge < -0.3 is 10.3 Å². The lowest BCUT2D eigenvalue weighted by Crippen LogP contribution is -2.46. The van der Waals surface area contributed by atoms with E-state index < -0.39 is 11.8 Å². The van der Waals surface area contributed by atoms with Gasteiger partial charge in [0.25, 0.3) is 11.6 Å². The molecule has 0 aliphatic heterocycles. The molecule has 1 aromatic carbocycles. The van der Waals surface area contributed by atoms with Gasteiger partial charge in [-0.1, -0.05) is 6.07 Å². The molecule has 0 saturated carbocycles. The molecule has 21 heavy (non-hydrogen) atoms. The maximum absolute atomic E-state index is 11.8. The van der Waals surface area contributed by atoms with Crippen LogP contribution >= 0.6 is 0 Å². The number of aryl methyl sites for hydroxylation is 1. The van der Waals surface area contributed by atoms with Crippen LogP contribution in [0.3, 0.4) is 0 Å². The summed E-state index contributed by atoms with van der Waals surface area (Å²) in [5.74, 6) is -1.64. The summed E-state index contributed by atoms with van der Waals surface area (Å²) in [5.41, 5.74) is 4.90. The van der Waals surface area contributed by atoms with Gasteiger partial charge in [0.2, 0.25) is 0 Å². The van der Waals surface area contributed by atoms with Gasteiger partial charge in [-0.25, -0.2) is 0 Å². The van der Waals surface area contributed by atoms with Crippen molar-refractivity contribution in [3.63, 3.8) is 0 Å². The Morgan fingerprint density at radius 3 is 2.52 bits per heavy atom. The van der Waals surface area contributed by atoms with Crippen molar-refractivity contribution in [2.24, 2.45) is 0 Å². The standard InChI is InChI=1S/C14H13N3O4/c1-9-5-6-10(12(18)8-9)13(19)15-16-14(20)11-4-2-3-7-17(11)21/h2-8,18H,1H3,(H,15,19)(H,16,20). The van der Waals surface area contributed by atoms with Gasteiger partial charge in [0.1, 0.15) is 5.75 Å². The Balaban J connectivity index is 2.04. The predicted molar refractivity (Wildman–Crippen MR) is 73.2 cm³/mol. The van der Waals surface area contributed by atoms with E-state index in [2.05, 4.69) is 10.9 Å². The molecule has 0 radical (unpaired) electrons. The van der Waals surface area contributed by atoms with E-state index in [-0.39, 0.29) is 17.0 Å².